The maximum Gasteiger partial charge on any atom is 0.277 e. The molecule has 18 heavy (non-hydrogen) atoms. The molecule has 0 aliphatic carbocycles. The van der Waals surface area contributed by atoms with E-state index in [2.05, 4.69) is 5.32 Å². The van der Waals surface area contributed by atoms with Crippen molar-refractivity contribution in [3.05, 3.63) is 0 Å². The summed E-state index contributed by atoms with van der Waals surface area (Å²) in [6.07, 6.45) is 0.876. The number of carbonyl (C=O) groups is 2. The average Bonchev–Trinajstić information content (AvgIpc) is 2.74. The highest BCUT2D eigenvalue weighted by atomic mass is 32.2. The largest absolute Gasteiger partial charge is 0.344 e. The SMILES string of the molecule is NS(=O)(=O)N1CCN(C(=O)C2CCC(=O)N2)CC1. The normalized spacial score (nSPS) is 26.2. The van der Waals surface area contributed by atoms with Crippen molar-refractivity contribution in [3.8, 4) is 0 Å². The van der Waals surface area contributed by atoms with Crippen molar-refractivity contribution < 1.29 is 18.0 Å². The predicted molar refractivity (Wildman–Crippen MR) is 62.4 cm³/mol. The molecule has 0 saturated carbocycles. The Balaban J connectivity index is 1.90. The molecule has 3 N–H and O–H groups in total. The second kappa shape index (κ2) is 4.82. The molecule has 0 aromatic rings. The third kappa shape index (κ3) is 2.79. The van der Waals surface area contributed by atoms with Crippen LogP contribution in [0.4, 0.5) is 0 Å². The zero-order valence-corrected chi connectivity index (χ0v) is 10.6. The van der Waals surface area contributed by atoms with Crippen molar-refractivity contribution in [2.45, 2.75) is 18.9 Å². The molecule has 0 spiro atoms. The summed E-state index contributed by atoms with van der Waals surface area (Å²) < 4.78 is 23.4. The molecule has 2 aliphatic heterocycles. The van der Waals surface area contributed by atoms with E-state index in [0.29, 0.717) is 25.9 Å². The molecule has 2 saturated heterocycles. The summed E-state index contributed by atoms with van der Waals surface area (Å²) >= 11 is 0. The highest BCUT2D eigenvalue weighted by molar-refractivity contribution is 7.86. The van der Waals surface area contributed by atoms with Gasteiger partial charge in [0.2, 0.25) is 11.8 Å². The third-order valence-electron chi connectivity index (χ3n) is 3.20. The monoisotopic (exact) mass is 276 g/mol. The number of hydrogen-bond donors (Lipinski definition) is 2. The Labute approximate surface area is 105 Å². The van der Waals surface area contributed by atoms with Gasteiger partial charge in [0.05, 0.1) is 0 Å². The predicted octanol–water partition coefficient (Wildman–Crippen LogP) is -2.39. The number of hydrogen-bond acceptors (Lipinski definition) is 4. The Bertz CT molecular complexity index is 455. The Hall–Kier alpha value is -1.19. The van der Waals surface area contributed by atoms with E-state index in [-0.39, 0.29) is 24.9 Å². The maximum atomic E-state index is 12.0. The van der Waals surface area contributed by atoms with Gasteiger partial charge >= 0.3 is 0 Å². The number of rotatable bonds is 2. The van der Waals surface area contributed by atoms with Gasteiger partial charge in [0, 0.05) is 32.6 Å². The Morgan fingerprint density at radius 1 is 1.28 bits per heavy atom. The molecule has 2 amide bonds. The Kier molecular flexibility index (Phi) is 3.55. The Morgan fingerprint density at radius 2 is 1.89 bits per heavy atom. The first-order chi connectivity index (χ1) is 8.38. The van der Waals surface area contributed by atoms with Gasteiger partial charge in [-0.2, -0.15) is 12.7 Å². The van der Waals surface area contributed by atoms with Gasteiger partial charge in [-0.05, 0) is 6.42 Å². The van der Waals surface area contributed by atoms with Crippen molar-refractivity contribution in [2.75, 3.05) is 26.2 Å². The first-order valence-electron chi connectivity index (χ1n) is 5.74. The van der Waals surface area contributed by atoms with E-state index in [0.717, 1.165) is 4.31 Å². The molecule has 0 bridgehead atoms. The topological polar surface area (TPSA) is 113 Å². The molecule has 0 aromatic heterocycles. The summed E-state index contributed by atoms with van der Waals surface area (Å²) in [6.45, 7) is 1.01. The van der Waals surface area contributed by atoms with Crippen LogP contribution in [-0.4, -0.2) is 61.7 Å². The molecule has 1 atom stereocenters. The minimum atomic E-state index is -3.68. The fourth-order valence-electron chi connectivity index (χ4n) is 2.18. The number of piperazine rings is 1. The molecule has 2 fully saturated rings. The summed E-state index contributed by atoms with van der Waals surface area (Å²) in [7, 11) is -3.68. The van der Waals surface area contributed by atoms with Crippen LogP contribution in [0, 0.1) is 0 Å². The second-order valence-corrected chi connectivity index (χ2v) is 5.97. The van der Waals surface area contributed by atoms with Crippen LogP contribution in [0.3, 0.4) is 0 Å². The molecule has 2 aliphatic rings. The van der Waals surface area contributed by atoms with Gasteiger partial charge in [-0.3, -0.25) is 9.59 Å². The van der Waals surface area contributed by atoms with Crippen LogP contribution in [0.15, 0.2) is 0 Å². The van der Waals surface area contributed by atoms with Crippen molar-refractivity contribution in [2.24, 2.45) is 5.14 Å². The number of nitrogens with one attached hydrogen (secondary N) is 1. The lowest BCUT2D eigenvalue weighted by Crippen LogP contribution is -2.55. The van der Waals surface area contributed by atoms with E-state index in [9.17, 15) is 18.0 Å². The van der Waals surface area contributed by atoms with E-state index in [1.807, 2.05) is 0 Å². The minimum absolute atomic E-state index is 0.114. The summed E-state index contributed by atoms with van der Waals surface area (Å²) in [5.74, 6) is -0.258. The summed E-state index contributed by atoms with van der Waals surface area (Å²) in [5.41, 5.74) is 0. The van der Waals surface area contributed by atoms with Crippen LogP contribution < -0.4 is 10.5 Å². The molecule has 0 radical (unpaired) electrons. The number of amides is 2. The summed E-state index contributed by atoms with van der Waals surface area (Å²) in [5, 5.41) is 7.62. The first-order valence-corrected chi connectivity index (χ1v) is 7.24. The van der Waals surface area contributed by atoms with Crippen LogP contribution in [0.25, 0.3) is 0 Å². The van der Waals surface area contributed by atoms with E-state index >= 15 is 0 Å². The van der Waals surface area contributed by atoms with Gasteiger partial charge in [0.1, 0.15) is 6.04 Å². The molecule has 9 heteroatoms. The first kappa shape index (κ1) is 13.2. The highest BCUT2D eigenvalue weighted by Gasteiger charge is 2.33. The molecule has 1 unspecified atom stereocenters. The fraction of sp³-hybridized carbons (Fsp3) is 0.778. The van der Waals surface area contributed by atoms with Gasteiger partial charge in [0.15, 0.2) is 0 Å². The van der Waals surface area contributed by atoms with E-state index in [1.54, 1.807) is 4.90 Å². The highest BCUT2D eigenvalue weighted by Crippen LogP contribution is 2.12. The number of nitrogens with two attached hydrogens (primary N) is 1. The van der Waals surface area contributed by atoms with Crippen molar-refractivity contribution >= 4 is 22.0 Å². The lowest BCUT2D eigenvalue weighted by molar-refractivity contribution is -0.135. The quantitative estimate of drug-likeness (QED) is 0.586. The summed E-state index contributed by atoms with van der Waals surface area (Å²) in [6, 6.07) is -0.460. The fourth-order valence-corrected chi connectivity index (χ4v) is 2.85. The third-order valence-corrected chi connectivity index (χ3v) is 4.29. The zero-order valence-electron chi connectivity index (χ0n) is 9.83. The molecular weight excluding hydrogens is 260 g/mol. The number of nitrogens with zero attached hydrogens (tertiary/aromatic N) is 2. The molecular formula is C9H16N4O4S. The second-order valence-electron chi connectivity index (χ2n) is 4.43. The van der Waals surface area contributed by atoms with Crippen LogP contribution in [0.5, 0.6) is 0 Å². The van der Waals surface area contributed by atoms with Crippen LogP contribution in [0.1, 0.15) is 12.8 Å². The van der Waals surface area contributed by atoms with Crippen LogP contribution in [-0.2, 0) is 19.8 Å². The van der Waals surface area contributed by atoms with Crippen molar-refractivity contribution in [3.63, 3.8) is 0 Å². The van der Waals surface area contributed by atoms with Crippen molar-refractivity contribution in [1.29, 1.82) is 0 Å². The molecule has 102 valence electrons. The van der Waals surface area contributed by atoms with Gasteiger partial charge < -0.3 is 10.2 Å². The van der Waals surface area contributed by atoms with Gasteiger partial charge in [0.25, 0.3) is 10.2 Å². The molecule has 2 rings (SSSR count). The summed E-state index contributed by atoms with van der Waals surface area (Å²) in [4.78, 5) is 24.6. The molecule has 0 aromatic carbocycles. The lowest BCUT2D eigenvalue weighted by Gasteiger charge is -2.34. The molecule has 8 nitrogen and oxygen atoms in total. The standard InChI is InChI=1S/C9H16N4O4S/c10-18(16,17)13-5-3-12(4-6-13)9(15)7-1-2-8(14)11-7/h7H,1-6H2,(H,11,14)(H2,10,16,17). The van der Waals surface area contributed by atoms with Crippen molar-refractivity contribution in [1.82, 2.24) is 14.5 Å². The van der Waals surface area contributed by atoms with E-state index < -0.39 is 16.3 Å². The van der Waals surface area contributed by atoms with Crippen LogP contribution in [0.2, 0.25) is 0 Å². The molecule has 2 heterocycles. The van der Waals surface area contributed by atoms with Gasteiger partial charge in [-0.15, -0.1) is 0 Å². The minimum Gasteiger partial charge on any atom is -0.344 e. The van der Waals surface area contributed by atoms with Gasteiger partial charge in [-0.25, -0.2) is 5.14 Å². The smallest absolute Gasteiger partial charge is 0.277 e. The van der Waals surface area contributed by atoms with Gasteiger partial charge in [-0.1, -0.05) is 0 Å². The Morgan fingerprint density at radius 3 is 2.33 bits per heavy atom. The number of carbonyl (C=O) groups excluding carboxylic acids is 2. The zero-order chi connectivity index (χ0) is 13.3. The van der Waals surface area contributed by atoms with Crippen LogP contribution >= 0.6 is 0 Å². The van der Waals surface area contributed by atoms with E-state index in [4.69, 9.17) is 5.14 Å². The maximum absolute atomic E-state index is 12.0. The average molecular weight is 276 g/mol. The van der Waals surface area contributed by atoms with E-state index in [1.165, 1.54) is 0 Å². The lowest BCUT2D eigenvalue weighted by atomic mass is 10.2.